The molecule has 3 aliphatic rings. The highest BCUT2D eigenvalue weighted by atomic mass is 16.2. The van der Waals surface area contributed by atoms with Crippen molar-refractivity contribution in [3.63, 3.8) is 0 Å². The van der Waals surface area contributed by atoms with Gasteiger partial charge in [-0.3, -0.25) is 28.8 Å². The number of fused-ring (bicyclic) bond motifs is 2. The van der Waals surface area contributed by atoms with Gasteiger partial charge in [-0.05, 0) is 99.6 Å². The van der Waals surface area contributed by atoms with Crippen LogP contribution in [0.5, 0.6) is 0 Å². The van der Waals surface area contributed by atoms with E-state index in [4.69, 9.17) is 0 Å². The van der Waals surface area contributed by atoms with Gasteiger partial charge in [-0.15, -0.1) is 5.10 Å². The molecule has 1 aromatic heterocycles. The predicted molar refractivity (Wildman–Crippen MR) is 255 cm³/mol. The molecule has 17 nitrogen and oxygen atoms in total. The molecule has 2 aromatic carbocycles. The van der Waals surface area contributed by atoms with Gasteiger partial charge in [-0.25, -0.2) is 4.68 Å². The zero-order chi connectivity index (χ0) is 48.8. The molecule has 0 bridgehead atoms. The van der Waals surface area contributed by atoms with Crippen LogP contribution in [0.25, 0.3) is 0 Å². The lowest BCUT2D eigenvalue weighted by molar-refractivity contribution is -0.144. The number of likely N-dealkylation sites (tertiary alicyclic amines) is 1. The van der Waals surface area contributed by atoms with E-state index >= 15 is 0 Å². The minimum Gasteiger partial charge on any atom is -0.347 e. The van der Waals surface area contributed by atoms with E-state index in [1.165, 1.54) is 11.1 Å². The van der Waals surface area contributed by atoms with Crippen molar-refractivity contribution in [2.75, 3.05) is 20.6 Å². The molecule has 3 aromatic rings. The van der Waals surface area contributed by atoms with Crippen molar-refractivity contribution in [2.45, 2.75) is 161 Å². The van der Waals surface area contributed by atoms with E-state index in [9.17, 15) is 28.8 Å². The average molecular weight is 924 g/mol. The molecule has 1 saturated heterocycles. The molecule has 6 rings (SSSR count). The van der Waals surface area contributed by atoms with Crippen molar-refractivity contribution >= 4 is 35.4 Å². The topological polar surface area (TPSA) is 221 Å². The van der Waals surface area contributed by atoms with Gasteiger partial charge in [-0.1, -0.05) is 95.3 Å². The number of nitrogens with one attached hydrogen (secondary N) is 7. The number of aromatic nitrogens is 3. The Morgan fingerprint density at radius 3 is 1.75 bits per heavy atom. The first-order valence-corrected chi connectivity index (χ1v) is 23.9. The monoisotopic (exact) mass is 924 g/mol. The Hall–Kier alpha value is -5.68. The van der Waals surface area contributed by atoms with Gasteiger partial charge in [0.2, 0.25) is 35.4 Å². The van der Waals surface area contributed by atoms with Crippen LogP contribution in [0.15, 0.2) is 54.7 Å². The number of amides is 6. The summed E-state index contributed by atoms with van der Waals surface area (Å²) in [6.45, 7) is 14.7. The summed E-state index contributed by atoms with van der Waals surface area (Å²) in [7, 11) is 3.33. The van der Waals surface area contributed by atoms with E-state index < -0.39 is 64.9 Å². The molecular weight excluding hydrogens is 851 g/mol. The highest BCUT2D eigenvalue weighted by Gasteiger charge is 2.47. The number of carbonyl (C=O) groups is 6. The van der Waals surface area contributed by atoms with Gasteiger partial charge >= 0.3 is 0 Å². The van der Waals surface area contributed by atoms with Gasteiger partial charge in [0, 0.05) is 25.6 Å². The Morgan fingerprint density at radius 1 is 0.687 bits per heavy atom. The molecule has 2 heterocycles. The number of carbonyl (C=O) groups excluding carboxylic acids is 6. The van der Waals surface area contributed by atoms with Crippen molar-refractivity contribution < 1.29 is 28.8 Å². The second kappa shape index (κ2) is 21.5. The Balaban J connectivity index is 1.28. The van der Waals surface area contributed by atoms with E-state index in [2.05, 4.69) is 59.7 Å². The van der Waals surface area contributed by atoms with E-state index in [0.29, 0.717) is 5.69 Å². The largest absolute Gasteiger partial charge is 0.347 e. The standard InChI is InChI=1S/C50H73N11O6/c1-29(51-9)43(62)56-41(49(3,4)5)47(66)55-39(45(64)53-37-23-15-19-31-17-11-13-21-35(31)37)25-33-27-61(59-58-33)34-26-40(46(65)54-38-24-16-20-32-18-12-14-22-36(32)38)60(28-34)48(67)42(50(6,7)8)57-44(63)30(2)52-10/h11-14,17-18,21-22,27,29-30,34,37-42,51-52H,15-16,19-20,23-26,28H2,1-10H3,(H,53,64)(H,54,65)(H,55,66)(H,56,62)(H,57,63)/t29-,30-,34-,37?,38+,39-,40-,41?,42+/m0/s1. The predicted octanol–water partition coefficient (Wildman–Crippen LogP) is 3.11. The molecule has 2 aliphatic carbocycles. The van der Waals surface area contributed by atoms with Crippen LogP contribution in [0.4, 0.5) is 0 Å². The molecule has 0 saturated carbocycles. The Labute approximate surface area is 395 Å². The summed E-state index contributed by atoms with van der Waals surface area (Å²) in [4.78, 5) is 85.9. The van der Waals surface area contributed by atoms with E-state index in [1.807, 2.05) is 77.9 Å². The number of hydrogen-bond acceptors (Lipinski definition) is 10. The second-order valence-electron chi connectivity index (χ2n) is 20.8. The van der Waals surface area contributed by atoms with Gasteiger partial charge in [0.15, 0.2) is 0 Å². The SMILES string of the molecule is CN[C@@H](C)C(=O)NC(C(=O)N[C@@H](Cc1cn([C@H]2C[C@@H](C(=O)N[C@@H]3CCCc4ccccc43)N(C(=O)[C@@H](NC(=O)[C@H](C)NC)C(C)(C)C)C2)nn1)C(=O)NC1CCCc2ccccc21)C(C)(C)C. The maximum atomic E-state index is 14.8. The number of hydrogen-bond donors (Lipinski definition) is 7. The van der Waals surface area contributed by atoms with E-state index in [1.54, 1.807) is 43.7 Å². The van der Waals surface area contributed by atoms with Crippen molar-refractivity contribution in [1.82, 2.24) is 57.1 Å². The zero-order valence-corrected chi connectivity index (χ0v) is 41.0. The first kappa shape index (κ1) is 50.7. The third-order valence-corrected chi connectivity index (χ3v) is 13.7. The molecule has 1 aliphatic heterocycles. The summed E-state index contributed by atoms with van der Waals surface area (Å²) >= 11 is 0. The van der Waals surface area contributed by atoms with E-state index in [-0.39, 0.29) is 55.1 Å². The molecule has 67 heavy (non-hydrogen) atoms. The molecule has 0 radical (unpaired) electrons. The van der Waals surface area contributed by atoms with Gasteiger partial charge in [0.25, 0.3) is 0 Å². The van der Waals surface area contributed by atoms with Crippen molar-refractivity contribution in [3.05, 3.63) is 82.7 Å². The first-order valence-electron chi connectivity index (χ1n) is 23.9. The number of benzene rings is 2. The highest BCUT2D eigenvalue weighted by Crippen LogP contribution is 2.34. The molecule has 7 N–H and O–H groups in total. The lowest BCUT2D eigenvalue weighted by Crippen LogP contribution is -2.60. The van der Waals surface area contributed by atoms with Crippen LogP contribution in [0.2, 0.25) is 0 Å². The molecule has 6 amide bonds. The minimum absolute atomic E-state index is 0.0359. The summed E-state index contributed by atoms with van der Waals surface area (Å²) in [6.07, 6.45) is 7.01. The third kappa shape index (κ3) is 12.3. The molecule has 0 spiro atoms. The lowest BCUT2D eigenvalue weighted by Gasteiger charge is -2.36. The number of aryl methyl sites for hydroxylation is 2. The van der Waals surface area contributed by atoms with Crippen molar-refractivity contribution in [3.8, 4) is 0 Å². The fourth-order valence-electron chi connectivity index (χ4n) is 9.39. The van der Waals surface area contributed by atoms with Crippen molar-refractivity contribution in [2.24, 2.45) is 10.8 Å². The number of nitrogens with zero attached hydrogens (tertiary/aromatic N) is 4. The molecule has 9 atom stereocenters. The van der Waals surface area contributed by atoms with Gasteiger partial charge in [0.05, 0.1) is 35.9 Å². The Kier molecular flexibility index (Phi) is 16.3. The third-order valence-electron chi connectivity index (χ3n) is 13.7. The molecular formula is C50H73N11O6. The fraction of sp³-hybridized carbons (Fsp3) is 0.600. The highest BCUT2D eigenvalue weighted by molar-refractivity contribution is 5.95. The summed E-state index contributed by atoms with van der Waals surface area (Å²) in [5.41, 5.74) is 3.44. The molecule has 1 fully saturated rings. The lowest BCUT2D eigenvalue weighted by atomic mass is 9.85. The zero-order valence-electron chi connectivity index (χ0n) is 41.0. The van der Waals surface area contributed by atoms with Gasteiger partial charge in [0.1, 0.15) is 24.2 Å². The second-order valence-corrected chi connectivity index (χ2v) is 20.8. The molecule has 17 heteroatoms. The minimum atomic E-state index is -1.11. The van der Waals surface area contributed by atoms with Gasteiger partial charge < -0.3 is 42.1 Å². The number of likely N-dealkylation sites (N-methyl/N-ethyl adjacent to an activating group) is 2. The van der Waals surface area contributed by atoms with Crippen LogP contribution >= 0.6 is 0 Å². The Morgan fingerprint density at radius 2 is 1.21 bits per heavy atom. The normalized spacial score (nSPS) is 21.6. The van der Waals surface area contributed by atoms with Crippen molar-refractivity contribution in [1.29, 1.82) is 0 Å². The summed E-state index contributed by atoms with van der Waals surface area (Å²) in [5.74, 6) is -2.31. The quantitative estimate of drug-likeness (QED) is 0.111. The summed E-state index contributed by atoms with van der Waals surface area (Å²) in [6, 6.07) is 10.1. The van der Waals surface area contributed by atoms with Crippen LogP contribution in [-0.2, 0) is 48.0 Å². The Bertz CT molecular complexity index is 2270. The fourth-order valence-corrected chi connectivity index (χ4v) is 9.39. The summed E-state index contributed by atoms with van der Waals surface area (Å²) < 4.78 is 1.62. The average Bonchev–Trinajstić information content (AvgIpc) is 3.96. The number of rotatable bonds is 16. The van der Waals surface area contributed by atoms with Crippen LogP contribution in [0.1, 0.15) is 134 Å². The smallest absolute Gasteiger partial charge is 0.246 e. The first-order chi connectivity index (χ1) is 31.7. The van der Waals surface area contributed by atoms with E-state index in [0.717, 1.165) is 49.7 Å². The van der Waals surface area contributed by atoms with Crippen LogP contribution in [-0.4, -0.2) is 112 Å². The van der Waals surface area contributed by atoms with Crippen LogP contribution in [0, 0.1) is 10.8 Å². The van der Waals surface area contributed by atoms with Crippen LogP contribution in [0.3, 0.4) is 0 Å². The maximum absolute atomic E-state index is 14.8. The summed E-state index contributed by atoms with van der Waals surface area (Å²) in [5, 5.41) is 30.1. The maximum Gasteiger partial charge on any atom is 0.246 e. The molecule has 364 valence electrons. The molecule has 2 unspecified atom stereocenters. The van der Waals surface area contributed by atoms with Crippen LogP contribution < -0.4 is 37.2 Å². The van der Waals surface area contributed by atoms with Gasteiger partial charge in [-0.2, -0.15) is 0 Å².